The van der Waals surface area contributed by atoms with Crippen LogP contribution in [0.4, 0.5) is 0 Å². The van der Waals surface area contributed by atoms with Crippen LogP contribution in [0.2, 0.25) is 0 Å². The highest BCUT2D eigenvalue weighted by atomic mass is 16.7. The average Bonchev–Trinajstić information content (AvgIpc) is 3.53. The van der Waals surface area contributed by atoms with Gasteiger partial charge in [-0.05, 0) is 122 Å². The topological polar surface area (TPSA) is 175 Å². The molecule has 0 aromatic heterocycles. The summed E-state index contributed by atoms with van der Waals surface area (Å²) in [5.74, 6) is -3.17. The van der Waals surface area contributed by atoms with Crippen molar-refractivity contribution < 1.29 is 58.2 Å². The van der Waals surface area contributed by atoms with Crippen molar-refractivity contribution in [3.05, 3.63) is 97.2 Å². The van der Waals surface area contributed by atoms with E-state index in [-0.39, 0.29) is 25.9 Å². The standard InChI is InChI=1S/C69H114O12/c1-4-7-10-13-16-19-22-25-28-30-31-33-36-39-42-45-48-51-54-57-63(72)80-67-65(74)64(73)66(68(75)76)81-69(67)78-59-60(79-62(71)56-53-50-47-44-41-38-34-27-24-21-18-15-12-9-6-3)58-77-61(70)55-52-49-46-43-40-37-35-32-29-26-23-20-17-14-11-8-5-2/h8,11,16-21,25-29,31,33-34,60,64-67,69,73-74H,4-7,9-10,12-15,22-24,30,32,35-59H2,1-3H3,(H,75,76)/b11-8-,19-16-,20-17-,21-18-,28-25-,29-26-,33-31-,34-27-. The molecule has 0 aliphatic carbocycles. The molecule has 0 bridgehead atoms. The van der Waals surface area contributed by atoms with E-state index in [4.69, 9.17) is 23.7 Å². The van der Waals surface area contributed by atoms with Crippen LogP contribution in [-0.2, 0) is 42.9 Å². The number of carbonyl (C=O) groups excluding carboxylic acids is 3. The Morgan fingerprint density at radius 2 is 0.778 bits per heavy atom. The summed E-state index contributed by atoms with van der Waals surface area (Å²) in [5.41, 5.74) is 0. The number of rotatable bonds is 54. The number of carboxylic acid groups (broad SMARTS) is 1. The zero-order valence-electron chi connectivity index (χ0n) is 51.0. The molecule has 12 heteroatoms. The first-order valence-corrected chi connectivity index (χ1v) is 32.2. The third-order valence-corrected chi connectivity index (χ3v) is 14.1. The van der Waals surface area contributed by atoms with E-state index in [1.54, 1.807) is 0 Å². The number of allylic oxidation sites excluding steroid dienone is 16. The van der Waals surface area contributed by atoms with Crippen LogP contribution in [0, 0.1) is 0 Å². The minimum absolute atomic E-state index is 0.0396. The quantitative estimate of drug-likeness (QED) is 0.0228. The van der Waals surface area contributed by atoms with E-state index in [1.807, 2.05) is 0 Å². The second kappa shape index (κ2) is 56.1. The molecule has 0 spiro atoms. The Labute approximate surface area is 492 Å². The summed E-state index contributed by atoms with van der Waals surface area (Å²) in [4.78, 5) is 51.3. The monoisotopic (exact) mass is 1130 g/mol. The molecule has 462 valence electrons. The maximum atomic E-state index is 13.2. The van der Waals surface area contributed by atoms with Crippen molar-refractivity contribution in [1.82, 2.24) is 0 Å². The number of carbonyl (C=O) groups is 4. The maximum Gasteiger partial charge on any atom is 0.335 e. The van der Waals surface area contributed by atoms with Gasteiger partial charge < -0.3 is 39.0 Å². The van der Waals surface area contributed by atoms with Crippen LogP contribution >= 0.6 is 0 Å². The highest BCUT2D eigenvalue weighted by Crippen LogP contribution is 2.26. The number of carboxylic acids is 1. The first-order chi connectivity index (χ1) is 39.6. The maximum absolute atomic E-state index is 13.2. The number of hydrogen-bond acceptors (Lipinski definition) is 11. The fourth-order valence-corrected chi connectivity index (χ4v) is 9.18. The van der Waals surface area contributed by atoms with E-state index >= 15 is 0 Å². The van der Waals surface area contributed by atoms with Gasteiger partial charge in [0.1, 0.15) is 18.8 Å². The predicted molar refractivity (Wildman–Crippen MR) is 331 cm³/mol. The smallest absolute Gasteiger partial charge is 0.335 e. The molecule has 0 amide bonds. The average molecular weight is 1140 g/mol. The summed E-state index contributed by atoms with van der Waals surface area (Å²) in [7, 11) is 0. The van der Waals surface area contributed by atoms with Crippen molar-refractivity contribution in [3.63, 3.8) is 0 Å². The first-order valence-electron chi connectivity index (χ1n) is 32.2. The first kappa shape index (κ1) is 74.7. The number of hydrogen-bond donors (Lipinski definition) is 3. The van der Waals surface area contributed by atoms with Gasteiger partial charge in [-0.15, -0.1) is 0 Å². The summed E-state index contributed by atoms with van der Waals surface area (Å²) in [6, 6.07) is 0. The lowest BCUT2D eigenvalue weighted by molar-refractivity contribution is -0.301. The predicted octanol–water partition coefficient (Wildman–Crippen LogP) is 17.2. The molecule has 6 atom stereocenters. The molecule has 81 heavy (non-hydrogen) atoms. The Kier molecular flexibility index (Phi) is 51.7. The van der Waals surface area contributed by atoms with Crippen molar-refractivity contribution in [3.8, 4) is 0 Å². The van der Waals surface area contributed by atoms with E-state index < -0.39 is 67.3 Å². The van der Waals surface area contributed by atoms with Gasteiger partial charge in [0, 0.05) is 19.3 Å². The van der Waals surface area contributed by atoms with Gasteiger partial charge in [-0.3, -0.25) is 14.4 Å². The van der Waals surface area contributed by atoms with Gasteiger partial charge in [-0.25, -0.2) is 4.79 Å². The van der Waals surface area contributed by atoms with Crippen LogP contribution in [-0.4, -0.2) is 89.2 Å². The number of ether oxygens (including phenoxy) is 5. The van der Waals surface area contributed by atoms with E-state index in [2.05, 4.69) is 118 Å². The Bertz CT molecular complexity index is 1780. The number of unbranched alkanes of at least 4 members (excludes halogenated alkanes) is 24. The van der Waals surface area contributed by atoms with Crippen molar-refractivity contribution in [2.75, 3.05) is 13.2 Å². The Morgan fingerprint density at radius 1 is 0.420 bits per heavy atom. The molecule has 1 saturated heterocycles. The van der Waals surface area contributed by atoms with Crippen LogP contribution in [0.15, 0.2) is 97.2 Å². The summed E-state index contributed by atoms with van der Waals surface area (Å²) < 4.78 is 28.5. The fraction of sp³-hybridized carbons (Fsp3) is 0.710. The number of esters is 3. The molecule has 1 heterocycles. The second-order valence-corrected chi connectivity index (χ2v) is 21.7. The second-order valence-electron chi connectivity index (χ2n) is 21.7. The molecule has 0 saturated carbocycles. The molecular weight excluding hydrogens is 1020 g/mol. The highest BCUT2D eigenvalue weighted by molar-refractivity contribution is 5.74. The SMILES string of the molecule is CC/C=C\C/C=C\C/C=C\CCCCCCCCCC(=O)OCC(COC1OC(C(=O)O)C(O)C(O)C1OC(=O)CCCCCCCC/C=C\C/C=C\C/C=C\CCCCC)OC(=O)CCCCCCC/C=C\C/C=C\CCCCC. The largest absolute Gasteiger partial charge is 0.479 e. The number of aliphatic hydroxyl groups is 2. The summed E-state index contributed by atoms with van der Waals surface area (Å²) in [6.45, 7) is 5.82. The highest BCUT2D eigenvalue weighted by Gasteiger charge is 2.50. The van der Waals surface area contributed by atoms with Crippen LogP contribution in [0.1, 0.15) is 265 Å². The molecule has 1 fully saturated rings. The summed E-state index contributed by atoms with van der Waals surface area (Å²) in [5, 5.41) is 31.6. The minimum Gasteiger partial charge on any atom is -0.479 e. The van der Waals surface area contributed by atoms with Gasteiger partial charge >= 0.3 is 23.9 Å². The van der Waals surface area contributed by atoms with E-state index in [1.165, 1.54) is 44.9 Å². The van der Waals surface area contributed by atoms with Crippen LogP contribution in [0.3, 0.4) is 0 Å². The lowest BCUT2D eigenvalue weighted by Gasteiger charge is -2.40. The van der Waals surface area contributed by atoms with Gasteiger partial charge in [0.15, 0.2) is 24.6 Å². The van der Waals surface area contributed by atoms with E-state index in [0.717, 1.165) is 161 Å². The molecule has 3 N–H and O–H groups in total. The van der Waals surface area contributed by atoms with Crippen molar-refractivity contribution >= 4 is 23.9 Å². The lowest BCUT2D eigenvalue weighted by Crippen LogP contribution is -2.61. The van der Waals surface area contributed by atoms with Crippen molar-refractivity contribution in [2.45, 2.75) is 302 Å². The molecule has 12 nitrogen and oxygen atoms in total. The van der Waals surface area contributed by atoms with Gasteiger partial charge in [-0.1, -0.05) is 221 Å². The third kappa shape index (κ3) is 45.8. The Hall–Kier alpha value is -4.36. The van der Waals surface area contributed by atoms with Crippen molar-refractivity contribution in [1.29, 1.82) is 0 Å². The van der Waals surface area contributed by atoms with Crippen LogP contribution in [0.25, 0.3) is 0 Å². The van der Waals surface area contributed by atoms with Gasteiger partial charge in [0.2, 0.25) is 0 Å². The zero-order chi connectivity index (χ0) is 58.9. The van der Waals surface area contributed by atoms with Crippen LogP contribution < -0.4 is 0 Å². The minimum atomic E-state index is -1.92. The van der Waals surface area contributed by atoms with E-state index in [9.17, 15) is 34.5 Å². The number of aliphatic carboxylic acids is 1. The molecule has 0 aromatic rings. The molecule has 1 aliphatic heterocycles. The van der Waals surface area contributed by atoms with Crippen LogP contribution in [0.5, 0.6) is 0 Å². The molecule has 1 rings (SSSR count). The van der Waals surface area contributed by atoms with Gasteiger partial charge in [0.05, 0.1) is 6.61 Å². The molecular formula is C69H114O12. The van der Waals surface area contributed by atoms with Gasteiger partial charge in [-0.2, -0.15) is 0 Å². The normalized spacial score (nSPS) is 18.4. The summed E-state index contributed by atoms with van der Waals surface area (Å²) in [6.07, 6.45) is 62.1. The lowest BCUT2D eigenvalue weighted by atomic mass is 9.98. The van der Waals surface area contributed by atoms with Crippen molar-refractivity contribution in [2.24, 2.45) is 0 Å². The molecule has 1 aliphatic rings. The Balaban J connectivity index is 2.68. The third-order valence-electron chi connectivity index (χ3n) is 14.1. The zero-order valence-corrected chi connectivity index (χ0v) is 51.0. The van der Waals surface area contributed by atoms with Gasteiger partial charge in [0.25, 0.3) is 0 Å². The molecule has 0 aromatic carbocycles. The summed E-state index contributed by atoms with van der Waals surface area (Å²) >= 11 is 0. The fourth-order valence-electron chi connectivity index (χ4n) is 9.18. The Morgan fingerprint density at radius 3 is 1.19 bits per heavy atom. The number of aliphatic hydroxyl groups excluding tert-OH is 2. The molecule has 0 radical (unpaired) electrons. The molecule has 6 unspecified atom stereocenters. The van der Waals surface area contributed by atoms with E-state index in [0.29, 0.717) is 19.3 Å².